The molecule has 2 aromatic carbocycles. The van der Waals surface area contributed by atoms with Crippen molar-refractivity contribution in [1.82, 2.24) is 9.78 Å². The van der Waals surface area contributed by atoms with Crippen LogP contribution >= 0.6 is 46.4 Å². The summed E-state index contributed by atoms with van der Waals surface area (Å²) in [6.07, 6.45) is -0.733. The number of carbonyl (C=O) groups excluding carboxylic acids is 2. The van der Waals surface area contributed by atoms with Crippen LogP contribution in [0.4, 0.5) is 26.8 Å². The highest BCUT2D eigenvalue weighted by Gasteiger charge is 2.27. The number of hydrogen-bond donors (Lipinski definition) is 2. The van der Waals surface area contributed by atoms with Crippen molar-refractivity contribution in [2.24, 2.45) is 5.73 Å². The van der Waals surface area contributed by atoms with Gasteiger partial charge in [0, 0.05) is 11.5 Å². The van der Waals surface area contributed by atoms with Crippen molar-refractivity contribution in [1.29, 1.82) is 0 Å². The van der Waals surface area contributed by atoms with Crippen molar-refractivity contribution < 1.29 is 14.3 Å². The van der Waals surface area contributed by atoms with Crippen molar-refractivity contribution >= 4 is 75.7 Å². The highest BCUT2D eigenvalue weighted by atomic mass is 35.5. The minimum absolute atomic E-state index is 0.0713. The van der Waals surface area contributed by atoms with Crippen molar-refractivity contribution in [3.8, 4) is 0 Å². The Morgan fingerprint density at radius 1 is 1.06 bits per heavy atom. The number of nitrogens with zero attached hydrogens (tertiary/aromatic N) is 3. The van der Waals surface area contributed by atoms with E-state index in [0.717, 1.165) is 0 Å². The average Bonchev–Trinajstić information content (AvgIpc) is 3.18. The van der Waals surface area contributed by atoms with Gasteiger partial charge in [-0.05, 0) is 24.3 Å². The Morgan fingerprint density at radius 3 is 2.31 bits per heavy atom. The number of aromatic nitrogens is 2. The lowest BCUT2D eigenvalue weighted by atomic mass is 9.92. The van der Waals surface area contributed by atoms with Crippen LogP contribution in [0.2, 0.25) is 20.1 Å². The molecule has 0 radical (unpaired) electrons. The predicted molar refractivity (Wildman–Crippen MR) is 141 cm³/mol. The zero-order valence-electron chi connectivity index (χ0n) is 19.1. The van der Waals surface area contributed by atoms with Gasteiger partial charge in [0.25, 0.3) is 0 Å². The number of ether oxygens (including phenoxy) is 1. The molecule has 3 amide bonds. The third-order valence-electron chi connectivity index (χ3n) is 4.87. The van der Waals surface area contributed by atoms with E-state index in [1.54, 1.807) is 42.5 Å². The van der Waals surface area contributed by atoms with Crippen LogP contribution in [-0.2, 0) is 16.7 Å². The van der Waals surface area contributed by atoms with Gasteiger partial charge in [-0.15, -0.1) is 0 Å². The minimum Gasteiger partial charge on any atom is -0.447 e. The topological polar surface area (TPSA) is 102 Å². The molecule has 0 bridgehead atoms. The van der Waals surface area contributed by atoms with E-state index in [4.69, 9.17) is 56.9 Å². The first-order chi connectivity index (χ1) is 16.4. The van der Waals surface area contributed by atoms with Gasteiger partial charge in [-0.3, -0.25) is 5.32 Å². The number of urea groups is 1. The molecule has 35 heavy (non-hydrogen) atoms. The number of benzene rings is 2. The quantitative estimate of drug-likeness (QED) is 0.332. The lowest BCUT2D eigenvalue weighted by molar-refractivity contribution is 0.155. The summed E-state index contributed by atoms with van der Waals surface area (Å²) in [5, 5.41) is 8.07. The van der Waals surface area contributed by atoms with E-state index < -0.39 is 12.1 Å². The molecule has 0 saturated heterocycles. The van der Waals surface area contributed by atoms with Crippen molar-refractivity contribution in [2.45, 2.75) is 32.7 Å². The molecule has 0 unspecified atom stereocenters. The molecule has 12 heteroatoms. The van der Waals surface area contributed by atoms with E-state index in [-0.39, 0.29) is 33.6 Å². The Hall–Kier alpha value is -2.65. The Labute approximate surface area is 222 Å². The molecule has 0 aliphatic heterocycles. The normalized spacial score (nSPS) is 11.3. The first-order valence-corrected chi connectivity index (χ1v) is 11.9. The summed E-state index contributed by atoms with van der Waals surface area (Å²) >= 11 is 24.6. The largest absolute Gasteiger partial charge is 0.447 e. The molecule has 3 rings (SSSR count). The second-order valence-corrected chi connectivity index (χ2v) is 10.0. The summed E-state index contributed by atoms with van der Waals surface area (Å²) in [7, 11) is 0. The van der Waals surface area contributed by atoms with E-state index in [0.29, 0.717) is 27.9 Å². The van der Waals surface area contributed by atoms with Gasteiger partial charge in [0.1, 0.15) is 12.4 Å². The third-order valence-corrected chi connectivity index (χ3v) is 6.50. The van der Waals surface area contributed by atoms with Crippen LogP contribution in [0.3, 0.4) is 0 Å². The number of nitrogens with two attached hydrogens (primary N) is 1. The van der Waals surface area contributed by atoms with E-state index in [1.165, 1.54) is 9.58 Å². The summed E-state index contributed by atoms with van der Waals surface area (Å²) in [6.45, 7) is 5.97. The lowest BCUT2D eigenvalue weighted by Gasteiger charge is -2.22. The van der Waals surface area contributed by atoms with Gasteiger partial charge in [-0.25, -0.2) is 19.2 Å². The van der Waals surface area contributed by atoms with Gasteiger partial charge in [0.05, 0.1) is 43.7 Å². The average molecular weight is 559 g/mol. The Morgan fingerprint density at radius 2 is 1.69 bits per heavy atom. The van der Waals surface area contributed by atoms with Crippen molar-refractivity contribution in [2.75, 3.05) is 16.8 Å². The minimum atomic E-state index is -0.787. The van der Waals surface area contributed by atoms with Gasteiger partial charge < -0.3 is 10.5 Å². The Balaban J connectivity index is 1.86. The lowest BCUT2D eigenvalue weighted by Crippen LogP contribution is -2.33. The molecular weight excluding hydrogens is 536 g/mol. The Bertz CT molecular complexity index is 1260. The molecule has 3 N–H and O–H groups in total. The highest BCUT2D eigenvalue weighted by molar-refractivity contribution is 6.44. The second-order valence-electron chi connectivity index (χ2n) is 8.47. The Kier molecular flexibility index (Phi) is 8.43. The van der Waals surface area contributed by atoms with E-state index in [2.05, 4.69) is 10.4 Å². The summed E-state index contributed by atoms with van der Waals surface area (Å²) in [4.78, 5) is 26.0. The van der Waals surface area contributed by atoms with Crippen LogP contribution in [-0.4, -0.2) is 28.5 Å². The monoisotopic (exact) mass is 557 g/mol. The summed E-state index contributed by atoms with van der Waals surface area (Å²) in [5.74, 6) is 0.341. The maximum absolute atomic E-state index is 12.5. The molecule has 8 nitrogen and oxygen atoms in total. The van der Waals surface area contributed by atoms with Crippen LogP contribution in [0.25, 0.3) is 0 Å². The van der Waals surface area contributed by atoms with Crippen molar-refractivity contribution in [3.05, 3.63) is 68.2 Å². The molecule has 1 heterocycles. The number of carbonyl (C=O) groups is 2. The number of rotatable bonds is 6. The zero-order valence-corrected chi connectivity index (χ0v) is 22.1. The van der Waals surface area contributed by atoms with Gasteiger partial charge in [0.15, 0.2) is 0 Å². The number of primary amides is 1. The zero-order chi connectivity index (χ0) is 25.9. The SMILES string of the molecule is CC(C)(C)c1cc(N(C(N)=O)c2cccc(Cl)c2Cl)n(CCOC(=O)Nc2cccc(Cl)c2Cl)n1. The van der Waals surface area contributed by atoms with Crippen LogP contribution in [0.5, 0.6) is 0 Å². The van der Waals surface area contributed by atoms with E-state index in [9.17, 15) is 9.59 Å². The maximum Gasteiger partial charge on any atom is 0.411 e. The molecule has 3 aromatic rings. The number of halogens is 4. The first-order valence-electron chi connectivity index (χ1n) is 10.4. The fourth-order valence-electron chi connectivity index (χ4n) is 3.11. The van der Waals surface area contributed by atoms with Crippen LogP contribution in [0.15, 0.2) is 42.5 Å². The molecule has 0 fully saturated rings. The van der Waals surface area contributed by atoms with Gasteiger partial charge in [-0.1, -0.05) is 79.3 Å². The highest BCUT2D eigenvalue weighted by Crippen LogP contribution is 2.37. The molecule has 186 valence electrons. The predicted octanol–water partition coefficient (Wildman–Crippen LogP) is 7.26. The van der Waals surface area contributed by atoms with Gasteiger partial charge in [-0.2, -0.15) is 5.10 Å². The fraction of sp³-hybridized carbons (Fsp3) is 0.261. The molecule has 0 atom stereocenters. The molecule has 0 spiro atoms. The van der Waals surface area contributed by atoms with E-state index >= 15 is 0 Å². The standard InChI is InChI=1S/C23H23Cl4N5O3/c1-23(2,3)17-12-18(32(21(28)33)16-9-5-7-14(25)20(16)27)31(30-17)10-11-35-22(34)29-15-8-4-6-13(24)19(15)26/h4-9,12H,10-11H2,1-3H3,(H2,28,33)(H,29,34). The number of anilines is 3. The van der Waals surface area contributed by atoms with E-state index in [1.807, 2.05) is 20.8 Å². The number of nitrogens with one attached hydrogen (secondary N) is 1. The smallest absolute Gasteiger partial charge is 0.411 e. The molecule has 0 saturated carbocycles. The molecule has 1 aromatic heterocycles. The van der Waals surface area contributed by atoms with Gasteiger partial charge >= 0.3 is 12.1 Å². The molecule has 0 aliphatic carbocycles. The fourth-order valence-corrected chi connectivity index (χ4v) is 3.84. The summed E-state index contributed by atoms with van der Waals surface area (Å²) < 4.78 is 6.81. The summed E-state index contributed by atoms with van der Waals surface area (Å²) in [6, 6.07) is 10.7. The maximum atomic E-state index is 12.5. The number of amides is 3. The summed E-state index contributed by atoms with van der Waals surface area (Å²) in [5.41, 5.74) is 6.67. The van der Waals surface area contributed by atoms with Crippen LogP contribution in [0, 0.1) is 0 Å². The third kappa shape index (κ3) is 6.32. The van der Waals surface area contributed by atoms with Crippen molar-refractivity contribution in [3.63, 3.8) is 0 Å². The molecular formula is C23H23Cl4N5O3. The molecule has 0 aliphatic rings. The number of hydrogen-bond acceptors (Lipinski definition) is 4. The van der Waals surface area contributed by atoms with Crippen LogP contribution in [0.1, 0.15) is 26.5 Å². The first kappa shape index (κ1) is 26.9. The second kappa shape index (κ2) is 11.0. The van der Waals surface area contributed by atoms with Gasteiger partial charge in [0.2, 0.25) is 0 Å². The van der Waals surface area contributed by atoms with Crippen LogP contribution < -0.4 is 16.0 Å².